The van der Waals surface area contributed by atoms with E-state index in [9.17, 15) is 9.18 Å². The van der Waals surface area contributed by atoms with Gasteiger partial charge in [-0.25, -0.2) is 4.39 Å². The predicted octanol–water partition coefficient (Wildman–Crippen LogP) is 2.57. The van der Waals surface area contributed by atoms with Crippen molar-refractivity contribution in [1.82, 2.24) is 19.9 Å². The van der Waals surface area contributed by atoms with E-state index in [2.05, 4.69) is 41.9 Å². The Bertz CT molecular complexity index is 638. The predicted molar refractivity (Wildman–Crippen MR) is 92.3 cm³/mol. The molecule has 2 unspecified atom stereocenters. The summed E-state index contributed by atoms with van der Waals surface area (Å²) in [6.45, 7) is 8.87. The maximum atomic E-state index is 15.0. The smallest absolute Gasteiger partial charge is 0.276 e. The summed E-state index contributed by atoms with van der Waals surface area (Å²) in [5, 5.41) is 3.66. The van der Waals surface area contributed by atoms with Crippen molar-refractivity contribution in [3.05, 3.63) is 29.9 Å². The van der Waals surface area contributed by atoms with Crippen LogP contribution < -0.4 is 0 Å². The van der Waals surface area contributed by atoms with E-state index < -0.39 is 6.17 Å². The SMILES string of the molecule is CN1C=C(C2CCN(C(=O)c3ccon3)CC2F)N(CC(C)(C)C)C1. The van der Waals surface area contributed by atoms with E-state index in [0.717, 1.165) is 18.9 Å². The number of alkyl halides is 1. The molecule has 0 N–H and O–H groups in total. The topological polar surface area (TPSA) is 52.8 Å². The van der Waals surface area contributed by atoms with Gasteiger partial charge in [-0.3, -0.25) is 4.79 Å². The highest BCUT2D eigenvalue weighted by Gasteiger charge is 2.38. The first kappa shape index (κ1) is 17.8. The highest BCUT2D eigenvalue weighted by molar-refractivity contribution is 5.92. The van der Waals surface area contributed by atoms with Crippen molar-refractivity contribution < 1.29 is 13.7 Å². The van der Waals surface area contributed by atoms with Crippen LogP contribution in [0.2, 0.25) is 0 Å². The maximum Gasteiger partial charge on any atom is 0.276 e. The zero-order chi connectivity index (χ0) is 18.2. The van der Waals surface area contributed by atoms with Gasteiger partial charge in [0.05, 0.1) is 13.2 Å². The lowest BCUT2D eigenvalue weighted by molar-refractivity contribution is 0.0505. The fourth-order valence-electron chi connectivity index (χ4n) is 3.65. The lowest BCUT2D eigenvalue weighted by Gasteiger charge is -2.39. The van der Waals surface area contributed by atoms with Crippen LogP contribution in [-0.4, -0.2) is 65.3 Å². The molecule has 0 radical (unpaired) electrons. The number of likely N-dealkylation sites (tertiary alicyclic amines) is 1. The second kappa shape index (κ2) is 6.69. The van der Waals surface area contributed by atoms with Gasteiger partial charge in [-0.05, 0) is 11.8 Å². The normalized spacial score (nSPS) is 24.7. The highest BCUT2D eigenvalue weighted by atomic mass is 19.1. The summed E-state index contributed by atoms with van der Waals surface area (Å²) >= 11 is 0. The third kappa shape index (κ3) is 3.96. The fraction of sp³-hybridized carbons (Fsp3) is 0.667. The number of aromatic nitrogens is 1. The van der Waals surface area contributed by atoms with Crippen LogP contribution in [-0.2, 0) is 0 Å². The van der Waals surface area contributed by atoms with Gasteiger partial charge in [-0.2, -0.15) is 0 Å². The minimum Gasteiger partial charge on any atom is -0.364 e. The second-order valence-electron chi connectivity index (χ2n) is 8.26. The molecule has 6 nitrogen and oxygen atoms in total. The molecular weight excluding hydrogens is 323 g/mol. The largest absolute Gasteiger partial charge is 0.364 e. The van der Waals surface area contributed by atoms with Crippen LogP contribution in [0.5, 0.6) is 0 Å². The summed E-state index contributed by atoms with van der Waals surface area (Å²) in [5.74, 6) is -0.437. The average Bonchev–Trinajstić information content (AvgIpc) is 3.15. The molecule has 1 fully saturated rings. The molecule has 0 spiro atoms. The van der Waals surface area contributed by atoms with E-state index >= 15 is 0 Å². The van der Waals surface area contributed by atoms with Crippen LogP contribution >= 0.6 is 0 Å². The van der Waals surface area contributed by atoms with Gasteiger partial charge in [0.25, 0.3) is 5.91 Å². The fourth-order valence-corrected chi connectivity index (χ4v) is 3.65. The number of rotatable bonds is 3. The minimum absolute atomic E-state index is 0.0980. The van der Waals surface area contributed by atoms with Gasteiger partial charge in [0.15, 0.2) is 5.69 Å². The Morgan fingerprint density at radius 2 is 2.20 bits per heavy atom. The average molecular weight is 350 g/mol. The van der Waals surface area contributed by atoms with Crippen molar-refractivity contribution in [3.63, 3.8) is 0 Å². The van der Waals surface area contributed by atoms with Crippen molar-refractivity contribution >= 4 is 5.91 Å². The molecule has 2 aliphatic rings. The first-order valence-corrected chi connectivity index (χ1v) is 8.75. The van der Waals surface area contributed by atoms with Gasteiger partial charge < -0.3 is 19.2 Å². The lowest BCUT2D eigenvalue weighted by atomic mass is 9.89. The molecule has 1 aromatic heterocycles. The molecule has 1 saturated heterocycles. The summed E-state index contributed by atoms with van der Waals surface area (Å²) in [7, 11) is 2.01. The molecule has 3 rings (SSSR count). The molecule has 0 saturated carbocycles. The molecular formula is C18H27FN4O2. The van der Waals surface area contributed by atoms with Crippen LogP contribution in [0.25, 0.3) is 0 Å². The standard InChI is InChI=1S/C18H27FN4O2/c1-18(2,3)11-23-12-21(4)10-16(23)13-5-7-22(9-14(13)19)17(24)15-6-8-25-20-15/h6,8,10,13-14H,5,7,9,11-12H2,1-4H3. The van der Waals surface area contributed by atoms with Crippen molar-refractivity contribution in [2.45, 2.75) is 33.4 Å². The molecule has 3 heterocycles. The van der Waals surface area contributed by atoms with Crippen molar-refractivity contribution in [1.29, 1.82) is 0 Å². The lowest BCUT2D eigenvalue weighted by Crippen LogP contribution is -2.47. The second-order valence-corrected chi connectivity index (χ2v) is 8.26. The number of halogens is 1. The summed E-state index contributed by atoms with van der Waals surface area (Å²) < 4.78 is 19.7. The van der Waals surface area contributed by atoms with Crippen LogP contribution in [0.15, 0.2) is 28.7 Å². The quantitative estimate of drug-likeness (QED) is 0.839. The van der Waals surface area contributed by atoms with E-state index in [0.29, 0.717) is 13.0 Å². The van der Waals surface area contributed by atoms with E-state index in [-0.39, 0.29) is 29.5 Å². The third-order valence-corrected chi connectivity index (χ3v) is 4.64. The number of carbonyl (C=O) groups is 1. The van der Waals surface area contributed by atoms with Gasteiger partial charge >= 0.3 is 0 Å². The Hall–Kier alpha value is -2.05. The zero-order valence-corrected chi connectivity index (χ0v) is 15.4. The number of piperidine rings is 1. The highest BCUT2D eigenvalue weighted by Crippen LogP contribution is 2.34. The summed E-state index contributed by atoms with van der Waals surface area (Å²) in [6.07, 6.45) is 2.95. The van der Waals surface area contributed by atoms with Gasteiger partial charge in [0.1, 0.15) is 12.4 Å². The number of amides is 1. The molecule has 2 atom stereocenters. The van der Waals surface area contributed by atoms with Crippen LogP contribution in [0.4, 0.5) is 4.39 Å². The molecule has 0 aromatic carbocycles. The van der Waals surface area contributed by atoms with Crippen LogP contribution in [0.1, 0.15) is 37.7 Å². The molecule has 1 aromatic rings. The summed E-state index contributed by atoms with van der Waals surface area (Å²) in [4.78, 5) is 18.2. The minimum atomic E-state index is -1.08. The first-order valence-electron chi connectivity index (χ1n) is 8.75. The van der Waals surface area contributed by atoms with Crippen molar-refractivity contribution in [2.24, 2.45) is 11.3 Å². The van der Waals surface area contributed by atoms with Gasteiger partial charge in [-0.1, -0.05) is 25.9 Å². The Morgan fingerprint density at radius 1 is 1.44 bits per heavy atom. The van der Waals surface area contributed by atoms with Crippen LogP contribution in [0.3, 0.4) is 0 Å². The van der Waals surface area contributed by atoms with Crippen LogP contribution in [0, 0.1) is 11.3 Å². The number of carbonyl (C=O) groups excluding carboxylic acids is 1. The van der Waals surface area contributed by atoms with Crippen molar-refractivity contribution in [2.75, 3.05) is 33.4 Å². The van der Waals surface area contributed by atoms with Gasteiger partial charge in [-0.15, -0.1) is 0 Å². The number of hydrogen-bond donors (Lipinski definition) is 0. The molecule has 0 aliphatic carbocycles. The third-order valence-electron chi connectivity index (χ3n) is 4.64. The number of hydrogen-bond acceptors (Lipinski definition) is 5. The molecule has 25 heavy (non-hydrogen) atoms. The number of allylic oxidation sites excluding steroid dienone is 1. The zero-order valence-electron chi connectivity index (χ0n) is 15.4. The Labute approximate surface area is 148 Å². The first-order chi connectivity index (χ1) is 11.7. The number of nitrogens with zero attached hydrogens (tertiary/aromatic N) is 4. The van der Waals surface area contributed by atoms with Crippen molar-refractivity contribution in [3.8, 4) is 0 Å². The van der Waals surface area contributed by atoms with E-state index in [1.54, 1.807) is 0 Å². The molecule has 0 bridgehead atoms. The summed E-state index contributed by atoms with van der Waals surface area (Å²) in [5.41, 5.74) is 1.43. The molecule has 2 aliphatic heterocycles. The van der Waals surface area contributed by atoms with Gasteiger partial charge in [0, 0.05) is 44.0 Å². The molecule has 1 amide bonds. The van der Waals surface area contributed by atoms with E-state index in [4.69, 9.17) is 4.52 Å². The van der Waals surface area contributed by atoms with Gasteiger partial charge in [0.2, 0.25) is 0 Å². The summed E-state index contributed by atoms with van der Waals surface area (Å²) in [6, 6.07) is 1.52. The Balaban J connectivity index is 1.68. The Kier molecular flexibility index (Phi) is 4.75. The van der Waals surface area contributed by atoms with E-state index in [1.165, 1.54) is 17.2 Å². The Morgan fingerprint density at radius 3 is 2.80 bits per heavy atom. The molecule has 7 heteroatoms. The monoisotopic (exact) mass is 350 g/mol. The molecule has 138 valence electrons. The maximum absolute atomic E-state index is 15.0. The van der Waals surface area contributed by atoms with E-state index in [1.807, 2.05) is 7.05 Å².